The first kappa shape index (κ1) is 16.0. The van der Waals surface area contributed by atoms with E-state index in [-0.39, 0.29) is 30.4 Å². The molecule has 0 spiro atoms. The predicted molar refractivity (Wildman–Crippen MR) is 80.3 cm³/mol. The molecule has 19 heavy (non-hydrogen) atoms. The zero-order valence-electron chi connectivity index (χ0n) is 11.4. The highest BCUT2D eigenvalue weighted by Crippen LogP contribution is 2.32. The standard InChI is InChI=1S/C15H22N2O.ClH/c1-12(16)9-10-15(18)17-11-5-8-14(17)13-6-3-2-4-7-13;/h2-4,6-7,12,14H,5,8-11,16H2,1H3;1H. The minimum atomic E-state index is 0. The number of carbonyl (C=O) groups excluding carboxylic acids is 1. The van der Waals surface area contributed by atoms with Crippen LogP contribution >= 0.6 is 12.4 Å². The Kier molecular flexibility index (Phi) is 6.32. The largest absolute Gasteiger partial charge is 0.336 e. The van der Waals surface area contributed by atoms with E-state index < -0.39 is 0 Å². The van der Waals surface area contributed by atoms with E-state index >= 15 is 0 Å². The molecule has 2 unspecified atom stereocenters. The molecule has 2 N–H and O–H groups in total. The van der Waals surface area contributed by atoms with Crippen molar-refractivity contribution in [3.63, 3.8) is 0 Å². The lowest BCUT2D eigenvalue weighted by Crippen LogP contribution is -2.31. The van der Waals surface area contributed by atoms with Crippen molar-refractivity contribution in [3.8, 4) is 0 Å². The van der Waals surface area contributed by atoms with Crippen molar-refractivity contribution < 1.29 is 4.79 Å². The molecule has 0 bridgehead atoms. The highest BCUT2D eigenvalue weighted by atomic mass is 35.5. The number of rotatable bonds is 4. The Labute approximate surface area is 121 Å². The van der Waals surface area contributed by atoms with E-state index in [2.05, 4.69) is 12.1 Å². The van der Waals surface area contributed by atoms with Crippen LogP contribution in [0.3, 0.4) is 0 Å². The Bertz CT molecular complexity index is 394. The minimum absolute atomic E-state index is 0. The van der Waals surface area contributed by atoms with Crippen molar-refractivity contribution in [2.24, 2.45) is 5.73 Å². The van der Waals surface area contributed by atoms with Crippen LogP contribution in [0.5, 0.6) is 0 Å². The molecule has 1 heterocycles. The molecule has 1 amide bonds. The van der Waals surface area contributed by atoms with Crippen molar-refractivity contribution in [1.29, 1.82) is 0 Å². The molecule has 1 aliphatic rings. The van der Waals surface area contributed by atoms with Crippen LogP contribution in [0.4, 0.5) is 0 Å². The van der Waals surface area contributed by atoms with Crippen LogP contribution in [-0.2, 0) is 4.79 Å². The van der Waals surface area contributed by atoms with E-state index in [1.54, 1.807) is 0 Å². The molecule has 1 aromatic rings. The first-order valence-corrected chi connectivity index (χ1v) is 6.78. The van der Waals surface area contributed by atoms with E-state index in [4.69, 9.17) is 5.73 Å². The maximum Gasteiger partial charge on any atom is 0.223 e. The summed E-state index contributed by atoms with van der Waals surface area (Å²) in [6, 6.07) is 10.7. The number of amides is 1. The second-order valence-electron chi connectivity index (χ2n) is 5.17. The van der Waals surface area contributed by atoms with Crippen molar-refractivity contribution in [3.05, 3.63) is 35.9 Å². The molecule has 2 atom stereocenters. The fourth-order valence-corrected chi connectivity index (χ4v) is 2.58. The third kappa shape index (κ3) is 4.22. The normalized spacial score (nSPS) is 19.9. The second kappa shape index (κ2) is 7.51. The molecule has 4 heteroatoms. The molecule has 0 radical (unpaired) electrons. The molecule has 0 saturated carbocycles. The molecule has 1 aromatic carbocycles. The van der Waals surface area contributed by atoms with Gasteiger partial charge >= 0.3 is 0 Å². The van der Waals surface area contributed by atoms with Crippen LogP contribution in [0.1, 0.15) is 44.2 Å². The van der Waals surface area contributed by atoms with Crippen LogP contribution in [0.25, 0.3) is 0 Å². The molecule has 1 saturated heterocycles. The number of likely N-dealkylation sites (tertiary alicyclic amines) is 1. The Balaban J connectivity index is 0.00000180. The highest BCUT2D eigenvalue weighted by Gasteiger charge is 2.29. The van der Waals surface area contributed by atoms with Gasteiger partial charge in [-0.1, -0.05) is 30.3 Å². The summed E-state index contributed by atoms with van der Waals surface area (Å²) in [5.41, 5.74) is 6.97. The third-order valence-corrected chi connectivity index (χ3v) is 3.57. The van der Waals surface area contributed by atoms with Gasteiger partial charge in [0, 0.05) is 19.0 Å². The van der Waals surface area contributed by atoms with Gasteiger partial charge in [0.05, 0.1) is 6.04 Å². The van der Waals surface area contributed by atoms with Crippen molar-refractivity contribution in [1.82, 2.24) is 4.90 Å². The molecular weight excluding hydrogens is 260 g/mol. The van der Waals surface area contributed by atoms with Gasteiger partial charge < -0.3 is 10.6 Å². The van der Waals surface area contributed by atoms with E-state index in [1.165, 1.54) is 5.56 Å². The van der Waals surface area contributed by atoms with E-state index in [9.17, 15) is 4.79 Å². The van der Waals surface area contributed by atoms with Crippen molar-refractivity contribution in [2.75, 3.05) is 6.54 Å². The molecule has 0 aliphatic carbocycles. The molecule has 1 aliphatic heterocycles. The molecule has 3 nitrogen and oxygen atoms in total. The van der Waals surface area contributed by atoms with Crippen LogP contribution in [0.2, 0.25) is 0 Å². The summed E-state index contributed by atoms with van der Waals surface area (Å²) < 4.78 is 0. The first-order valence-electron chi connectivity index (χ1n) is 6.78. The number of hydrogen-bond acceptors (Lipinski definition) is 2. The number of halogens is 1. The third-order valence-electron chi connectivity index (χ3n) is 3.57. The van der Waals surface area contributed by atoms with Gasteiger partial charge in [0.15, 0.2) is 0 Å². The summed E-state index contributed by atoms with van der Waals surface area (Å²) in [7, 11) is 0. The van der Waals surface area contributed by atoms with E-state index in [0.29, 0.717) is 6.42 Å². The van der Waals surface area contributed by atoms with Gasteiger partial charge in [0.25, 0.3) is 0 Å². The smallest absolute Gasteiger partial charge is 0.223 e. The monoisotopic (exact) mass is 282 g/mol. The molecule has 2 rings (SSSR count). The summed E-state index contributed by atoms with van der Waals surface area (Å²) in [6.45, 7) is 2.84. The number of nitrogens with zero attached hydrogens (tertiary/aromatic N) is 1. The van der Waals surface area contributed by atoms with Gasteiger partial charge in [0.2, 0.25) is 5.91 Å². The SMILES string of the molecule is CC(N)CCC(=O)N1CCCC1c1ccccc1.Cl. The van der Waals surface area contributed by atoms with Crippen molar-refractivity contribution >= 4 is 18.3 Å². The highest BCUT2D eigenvalue weighted by molar-refractivity contribution is 5.85. The van der Waals surface area contributed by atoms with Gasteiger partial charge in [-0.05, 0) is 31.7 Å². The zero-order valence-corrected chi connectivity index (χ0v) is 12.2. The first-order chi connectivity index (χ1) is 8.68. The van der Waals surface area contributed by atoms with Crippen LogP contribution < -0.4 is 5.73 Å². The fourth-order valence-electron chi connectivity index (χ4n) is 2.58. The maximum absolute atomic E-state index is 12.2. The number of nitrogens with two attached hydrogens (primary N) is 1. The molecule has 106 valence electrons. The summed E-state index contributed by atoms with van der Waals surface area (Å²) in [5.74, 6) is 0.249. The molecule has 1 fully saturated rings. The Hall–Kier alpha value is -1.06. The molecular formula is C15H23ClN2O. The lowest BCUT2D eigenvalue weighted by atomic mass is 10.0. The zero-order chi connectivity index (χ0) is 13.0. The second-order valence-corrected chi connectivity index (χ2v) is 5.17. The van der Waals surface area contributed by atoms with E-state index in [1.807, 2.05) is 30.0 Å². The van der Waals surface area contributed by atoms with Crippen molar-refractivity contribution in [2.45, 2.75) is 44.7 Å². The Morgan fingerprint density at radius 2 is 2.11 bits per heavy atom. The van der Waals surface area contributed by atoms with Gasteiger partial charge in [-0.2, -0.15) is 0 Å². The number of benzene rings is 1. The van der Waals surface area contributed by atoms with Crippen LogP contribution in [0.15, 0.2) is 30.3 Å². The minimum Gasteiger partial charge on any atom is -0.336 e. The van der Waals surface area contributed by atoms with Gasteiger partial charge in [-0.15, -0.1) is 12.4 Å². The summed E-state index contributed by atoms with van der Waals surface area (Å²) in [5, 5.41) is 0. The average molecular weight is 283 g/mol. The maximum atomic E-state index is 12.2. The summed E-state index contributed by atoms with van der Waals surface area (Å²) >= 11 is 0. The summed E-state index contributed by atoms with van der Waals surface area (Å²) in [6.07, 6.45) is 3.52. The van der Waals surface area contributed by atoms with Gasteiger partial charge in [-0.25, -0.2) is 0 Å². The average Bonchev–Trinajstić information content (AvgIpc) is 2.86. The van der Waals surface area contributed by atoms with E-state index in [0.717, 1.165) is 25.8 Å². The number of hydrogen-bond donors (Lipinski definition) is 1. The number of carbonyl (C=O) groups is 1. The van der Waals surface area contributed by atoms with Gasteiger partial charge in [-0.3, -0.25) is 4.79 Å². The Morgan fingerprint density at radius 3 is 2.74 bits per heavy atom. The molecule has 0 aromatic heterocycles. The summed E-state index contributed by atoms with van der Waals surface area (Å²) in [4.78, 5) is 14.2. The predicted octanol–water partition coefficient (Wildman–Crippen LogP) is 2.90. The van der Waals surface area contributed by atoms with Gasteiger partial charge in [0.1, 0.15) is 0 Å². The fraction of sp³-hybridized carbons (Fsp3) is 0.533. The topological polar surface area (TPSA) is 46.3 Å². The Morgan fingerprint density at radius 1 is 1.42 bits per heavy atom. The quantitative estimate of drug-likeness (QED) is 0.923. The lowest BCUT2D eigenvalue weighted by Gasteiger charge is -2.25. The van der Waals surface area contributed by atoms with Crippen LogP contribution in [-0.4, -0.2) is 23.4 Å². The lowest BCUT2D eigenvalue weighted by molar-refractivity contribution is -0.132. The van der Waals surface area contributed by atoms with Crippen LogP contribution in [0, 0.1) is 0 Å².